The predicted octanol–water partition coefficient (Wildman–Crippen LogP) is 0.503. The summed E-state index contributed by atoms with van der Waals surface area (Å²) in [5.74, 6) is 0.461. The van der Waals surface area contributed by atoms with E-state index in [1.807, 2.05) is 11.8 Å². The highest BCUT2D eigenvalue weighted by molar-refractivity contribution is 5.83. The Bertz CT molecular complexity index is 319. The zero-order valence-corrected chi connectivity index (χ0v) is 11.8. The summed E-state index contributed by atoms with van der Waals surface area (Å²) in [7, 11) is 0. The average molecular weight is 267 g/mol. The van der Waals surface area contributed by atoms with Crippen molar-refractivity contribution in [3.05, 3.63) is 0 Å². The second-order valence-electron chi connectivity index (χ2n) is 5.50. The predicted molar refractivity (Wildman–Crippen MR) is 73.6 cm³/mol. The molecule has 0 unspecified atom stereocenters. The van der Waals surface area contributed by atoms with Crippen molar-refractivity contribution < 1.29 is 9.59 Å². The van der Waals surface area contributed by atoms with Crippen molar-refractivity contribution in [1.29, 1.82) is 0 Å². The van der Waals surface area contributed by atoms with Gasteiger partial charge in [-0.1, -0.05) is 6.42 Å². The van der Waals surface area contributed by atoms with Crippen molar-refractivity contribution in [2.24, 2.45) is 5.92 Å². The number of amides is 2. The van der Waals surface area contributed by atoms with Gasteiger partial charge in [-0.2, -0.15) is 0 Å². The first kappa shape index (κ1) is 14.3. The molecular weight excluding hydrogens is 242 g/mol. The van der Waals surface area contributed by atoms with Crippen molar-refractivity contribution in [2.45, 2.75) is 45.1 Å². The third kappa shape index (κ3) is 3.69. The minimum Gasteiger partial charge on any atom is -0.356 e. The van der Waals surface area contributed by atoms with Gasteiger partial charge < -0.3 is 15.5 Å². The normalized spacial score (nSPS) is 25.1. The average Bonchev–Trinajstić information content (AvgIpc) is 2.48. The number of likely N-dealkylation sites (tertiary alicyclic amines) is 1. The fourth-order valence-corrected chi connectivity index (χ4v) is 2.96. The summed E-state index contributed by atoms with van der Waals surface area (Å²) in [6.45, 7) is 5.01. The lowest BCUT2D eigenvalue weighted by Gasteiger charge is -2.35. The lowest BCUT2D eigenvalue weighted by Crippen LogP contribution is -2.51. The third-order valence-electron chi connectivity index (χ3n) is 4.14. The monoisotopic (exact) mass is 267 g/mol. The van der Waals surface area contributed by atoms with Gasteiger partial charge in [-0.15, -0.1) is 0 Å². The van der Waals surface area contributed by atoms with E-state index in [2.05, 4.69) is 10.6 Å². The van der Waals surface area contributed by atoms with E-state index < -0.39 is 0 Å². The zero-order valence-electron chi connectivity index (χ0n) is 11.8. The molecule has 0 saturated carbocycles. The fraction of sp³-hybridized carbons (Fsp3) is 0.857. The molecule has 2 aliphatic rings. The van der Waals surface area contributed by atoms with Gasteiger partial charge in [0.25, 0.3) is 0 Å². The van der Waals surface area contributed by atoms with Crippen LogP contribution in [0.3, 0.4) is 0 Å². The molecule has 0 radical (unpaired) electrons. The maximum Gasteiger partial charge on any atom is 0.239 e. The van der Waals surface area contributed by atoms with Gasteiger partial charge in [-0.05, 0) is 39.2 Å². The van der Waals surface area contributed by atoms with E-state index in [4.69, 9.17) is 0 Å². The van der Waals surface area contributed by atoms with Gasteiger partial charge in [-0.25, -0.2) is 0 Å². The van der Waals surface area contributed by atoms with Gasteiger partial charge in [0.15, 0.2) is 0 Å². The first-order valence-electron chi connectivity index (χ1n) is 7.52. The molecular formula is C14H25N3O2. The lowest BCUT2D eigenvalue weighted by molar-refractivity contribution is -0.137. The molecule has 0 aromatic heterocycles. The molecule has 1 atom stereocenters. The molecule has 108 valence electrons. The minimum atomic E-state index is 0.00904. The van der Waals surface area contributed by atoms with Crippen LogP contribution in [0.15, 0.2) is 0 Å². The molecule has 0 bridgehead atoms. The first-order valence-corrected chi connectivity index (χ1v) is 7.52. The zero-order chi connectivity index (χ0) is 13.7. The molecule has 2 fully saturated rings. The van der Waals surface area contributed by atoms with Crippen molar-refractivity contribution in [3.63, 3.8) is 0 Å². The van der Waals surface area contributed by atoms with Crippen molar-refractivity contribution >= 4 is 11.8 Å². The molecule has 2 rings (SSSR count). The number of carbonyl (C=O) groups is 2. The fourth-order valence-electron chi connectivity index (χ4n) is 2.96. The Morgan fingerprint density at radius 1 is 1.21 bits per heavy atom. The summed E-state index contributed by atoms with van der Waals surface area (Å²) in [5.41, 5.74) is 0. The second kappa shape index (κ2) is 6.89. The molecule has 0 aliphatic carbocycles. The van der Waals surface area contributed by atoms with Crippen molar-refractivity contribution in [3.8, 4) is 0 Å². The smallest absolute Gasteiger partial charge is 0.239 e. The number of hydrogen-bond acceptors (Lipinski definition) is 3. The van der Waals surface area contributed by atoms with E-state index in [-0.39, 0.29) is 23.8 Å². The quantitative estimate of drug-likeness (QED) is 0.783. The highest BCUT2D eigenvalue weighted by Crippen LogP contribution is 2.19. The summed E-state index contributed by atoms with van der Waals surface area (Å²) in [5, 5.41) is 6.17. The largest absolute Gasteiger partial charge is 0.356 e. The number of hydrogen-bond donors (Lipinski definition) is 2. The lowest BCUT2D eigenvalue weighted by atomic mass is 9.94. The van der Waals surface area contributed by atoms with Crippen LogP contribution in [0.2, 0.25) is 0 Å². The summed E-state index contributed by atoms with van der Waals surface area (Å²) in [6, 6.07) is 0.00904. The van der Waals surface area contributed by atoms with Crippen LogP contribution in [0.25, 0.3) is 0 Å². The van der Waals surface area contributed by atoms with E-state index in [9.17, 15) is 9.59 Å². The van der Waals surface area contributed by atoms with Gasteiger partial charge in [0.1, 0.15) is 0 Å². The SMILES string of the molecule is CCNC(=O)C1CCN(C(=O)[C@H]2CCCCN2)CC1. The van der Waals surface area contributed by atoms with Gasteiger partial charge in [-0.3, -0.25) is 9.59 Å². The molecule has 5 heteroatoms. The minimum absolute atomic E-state index is 0.00904. The molecule has 2 amide bonds. The van der Waals surface area contributed by atoms with Crippen LogP contribution in [0.4, 0.5) is 0 Å². The van der Waals surface area contributed by atoms with E-state index in [1.54, 1.807) is 0 Å². The summed E-state index contributed by atoms with van der Waals surface area (Å²) < 4.78 is 0. The number of piperidine rings is 2. The van der Waals surface area contributed by atoms with Gasteiger partial charge >= 0.3 is 0 Å². The standard InChI is InChI=1S/C14H25N3O2/c1-2-15-13(18)11-6-9-17(10-7-11)14(19)12-5-3-4-8-16-12/h11-12,16H,2-10H2,1H3,(H,15,18)/t12-/m1/s1. The van der Waals surface area contributed by atoms with Crippen LogP contribution < -0.4 is 10.6 Å². The molecule has 2 N–H and O–H groups in total. The molecule has 19 heavy (non-hydrogen) atoms. The molecule has 5 nitrogen and oxygen atoms in total. The number of carbonyl (C=O) groups excluding carboxylic acids is 2. The van der Waals surface area contributed by atoms with Crippen molar-refractivity contribution in [2.75, 3.05) is 26.2 Å². The van der Waals surface area contributed by atoms with Gasteiger partial charge in [0.05, 0.1) is 6.04 Å². The number of rotatable bonds is 3. The first-order chi connectivity index (χ1) is 9.22. The highest BCUT2D eigenvalue weighted by Gasteiger charge is 2.30. The van der Waals surface area contributed by atoms with Crippen LogP contribution in [-0.2, 0) is 9.59 Å². The molecule has 0 aromatic rings. The third-order valence-corrected chi connectivity index (χ3v) is 4.14. The Hall–Kier alpha value is -1.10. The second-order valence-corrected chi connectivity index (χ2v) is 5.50. The molecule has 2 heterocycles. The Labute approximate surface area is 115 Å². The maximum atomic E-state index is 12.3. The van der Waals surface area contributed by atoms with Crippen molar-refractivity contribution in [1.82, 2.24) is 15.5 Å². The Balaban J connectivity index is 1.79. The van der Waals surface area contributed by atoms with Crippen LogP contribution in [0.1, 0.15) is 39.0 Å². The summed E-state index contributed by atoms with van der Waals surface area (Å²) >= 11 is 0. The van der Waals surface area contributed by atoms with Crippen LogP contribution in [-0.4, -0.2) is 48.9 Å². The molecule has 0 aromatic carbocycles. The van der Waals surface area contributed by atoms with E-state index in [0.29, 0.717) is 6.54 Å². The molecule has 0 spiro atoms. The highest BCUT2D eigenvalue weighted by atomic mass is 16.2. The number of nitrogens with one attached hydrogen (secondary N) is 2. The summed E-state index contributed by atoms with van der Waals surface area (Å²) in [6.07, 6.45) is 4.85. The Morgan fingerprint density at radius 3 is 2.53 bits per heavy atom. The van der Waals surface area contributed by atoms with Crippen LogP contribution in [0.5, 0.6) is 0 Å². The summed E-state index contributed by atoms with van der Waals surface area (Å²) in [4.78, 5) is 26.0. The molecule has 2 saturated heterocycles. The van der Waals surface area contributed by atoms with E-state index in [1.165, 1.54) is 6.42 Å². The molecule has 2 aliphatic heterocycles. The number of nitrogens with zero attached hydrogens (tertiary/aromatic N) is 1. The maximum absolute atomic E-state index is 12.3. The van der Waals surface area contributed by atoms with Gasteiger partial charge in [0, 0.05) is 25.6 Å². The van der Waals surface area contributed by atoms with E-state index in [0.717, 1.165) is 45.3 Å². The van der Waals surface area contributed by atoms with E-state index >= 15 is 0 Å². The van der Waals surface area contributed by atoms with Crippen LogP contribution >= 0.6 is 0 Å². The topological polar surface area (TPSA) is 61.4 Å². The Morgan fingerprint density at radius 2 is 1.95 bits per heavy atom. The van der Waals surface area contributed by atoms with Crippen LogP contribution in [0, 0.1) is 5.92 Å². The van der Waals surface area contributed by atoms with Gasteiger partial charge in [0.2, 0.25) is 11.8 Å². The Kier molecular flexibility index (Phi) is 5.19.